The van der Waals surface area contributed by atoms with Crippen molar-refractivity contribution in [2.75, 3.05) is 13.2 Å². The van der Waals surface area contributed by atoms with Crippen LogP contribution in [0.15, 0.2) is 0 Å². The molecule has 12 atom stereocenters. The molecular weight excluding hydrogens is 1620 g/mol. The molecule has 2 rings (SSSR count). The maximum absolute atomic E-state index is 15.2. The molecule has 2 amide bonds. The fourth-order valence-electron chi connectivity index (χ4n) is 17.9. The highest BCUT2D eigenvalue weighted by atomic mass is 31.2. The SMILES string of the molecule is CCCCCCCCCCCCCC(=O)N[C@@H]1[C@@H](OC(=O)C[C@@H](CCCCCCCCCCCCC)OC(=O)CCCCCCCCCCCCC)[C@H](P(=O)(O)O)[C@@H](CO)O[C@@H]1C(=O)OC[C@H]1O[C@H](C(=O)O)[C@H](NC(=O)CCCCCCCCCCCCC)[C@@H](OC(=O)C[C@@H](CCCCCCCCCCCCC)OC(=O)CCCCCCCCCCCCC)[C@@H]1O. The third-order valence-electron chi connectivity index (χ3n) is 25.7. The van der Waals surface area contributed by atoms with Crippen molar-refractivity contribution >= 4 is 55.2 Å². The molecule has 2 heterocycles. The van der Waals surface area contributed by atoms with Gasteiger partial charge in [0.15, 0.2) is 18.3 Å². The number of carboxylic acids is 1. The van der Waals surface area contributed by atoms with Gasteiger partial charge in [0.1, 0.15) is 54.9 Å². The zero-order valence-corrected chi connectivity index (χ0v) is 81.8. The van der Waals surface area contributed by atoms with Crippen molar-refractivity contribution in [1.29, 1.82) is 0 Å². The number of rotatable bonds is 88. The summed E-state index contributed by atoms with van der Waals surface area (Å²) in [5.74, 6) is -7.36. The van der Waals surface area contributed by atoms with Crippen molar-refractivity contribution in [2.24, 2.45) is 0 Å². The van der Waals surface area contributed by atoms with E-state index in [0.29, 0.717) is 57.8 Å². The van der Waals surface area contributed by atoms with Gasteiger partial charge in [0.2, 0.25) is 11.8 Å². The van der Waals surface area contributed by atoms with Gasteiger partial charge in [-0.2, -0.15) is 0 Å². The molecule has 126 heavy (non-hydrogen) atoms. The minimum Gasteiger partial charge on any atom is -0.479 e. The van der Waals surface area contributed by atoms with Crippen LogP contribution in [0.1, 0.15) is 517 Å². The molecule has 0 unspecified atom stereocenters. The van der Waals surface area contributed by atoms with Crippen LogP contribution in [0.25, 0.3) is 0 Å². The molecule has 2 aliphatic heterocycles. The summed E-state index contributed by atoms with van der Waals surface area (Å²) < 4.78 is 56.5. The van der Waals surface area contributed by atoms with Gasteiger partial charge in [-0.25, -0.2) is 9.59 Å². The van der Waals surface area contributed by atoms with Crippen molar-refractivity contribution in [3.05, 3.63) is 0 Å². The number of esters is 5. The molecule has 0 saturated carbocycles. The van der Waals surface area contributed by atoms with Crippen LogP contribution in [0.4, 0.5) is 0 Å². The number of ether oxygens (including phenoxy) is 7. The number of carbonyl (C=O) groups excluding carboxylic acids is 7. The molecule has 0 aromatic rings. The normalized spacial score (nSPS) is 19.4. The van der Waals surface area contributed by atoms with Gasteiger partial charge in [-0.3, -0.25) is 33.3 Å². The number of aliphatic hydroxyl groups is 2. The van der Waals surface area contributed by atoms with Crippen LogP contribution >= 0.6 is 7.60 Å². The Labute approximate surface area is 765 Å². The lowest BCUT2D eigenvalue weighted by Gasteiger charge is -2.45. The molecule has 0 radical (unpaired) electrons. The van der Waals surface area contributed by atoms with Gasteiger partial charge in [0, 0.05) is 25.7 Å². The Balaban J connectivity index is 2.67. The van der Waals surface area contributed by atoms with E-state index in [9.17, 15) is 63.2 Å². The number of aliphatic carboxylic acids is 1. The van der Waals surface area contributed by atoms with E-state index in [4.69, 9.17) is 33.2 Å². The third kappa shape index (κ3) is 60.7. The standard InChI is InChI=1S/C102H189N2O21P/c1-7-13-19-25-31-37-43-49-55-61-67-73-83(120-89(108)77-71-65-59-53-47-41-35-29-23-17-11-5)79-91(110)124-96-93(103-87(106)75-69-63-57-51-45-39-33-27-21-15-9-3)98(101(113)114)123-86(95(96)112)82-119-102(115)99-94(104-88(107)76-70-64-58-52-46-40-34-28-22-16-10-4)97(100(126(116,117)118)85(81-105)122-99)125-92(111)80-84(74-68-62-56-50-44-38-32-26-20-14-8-2)121-90(109)78-72-66-60-54-48-42-36-30-24-18-12-6/h83-86,93-100,105,112H,7-82H2,1-6H3,(H,103,106)(H,104,107)(H,113,114)(H2,116,117,118)/t83-,84-,85-,86-,93-,94-,95-,96-,97-,98+,99+,100-/m1/s1. The number of carbonyl (C=O) groups is 8. The number of aliphatic hydroxyl groups excluding tert-OH is 2. The van der Waals surface area contributed by atoms with E-state index < -0.39 is 154 Å². The van der Waals surface area contributed by atoms with Crippen LogP contribution < -0.4 is 10.6 Å². The highest BCUT2D eigenvalue weighted by Crippen LogP contribution is 2.50. The molecule has 738 valence electrons. The van der Waals surface area contributed by atoms with Crippen LogP contribution in [0.5, 0.6) is 0 Å². The van der Waals surface area contributed by atoms with Gasteiger partial charge in [0.05, 0.1) is 25.6 Å². The first-order valence-corrected chi connectivity index (χ1v) is 54.3. The van der Waals surface area contributed by atoms with Crippen molar-refractivity contribution in [1.82, 2.24) is 10.6 Å². The highest BCUT2D eigenvalue weighted by Gasteiger charge is 2.58. The third-order valence-corrected chi connectivity index (χ3v) is 27.1. The van der Waals surface area contributed by atoms with E-state index in [2.05, 4.69) is 52.2 Å². The Morgan fingerprint density at radius 1 is 0.333 bits per heavy atom. The Morgan fingerprint density at radius 3 is 0.865 bits per heavy atom. The zero-order valence-electron chi connectivity index (χ0n) is 80.9. The Morgan fingerprint density at radius 2 is 0.587 bits per heavy atom. The minimum absolute atomic E-state index is 0.0346. The van der Waals surface area contributed by atoms with E-state index in [1.807, 2.05) is 0 Å². The monoisotopic (exact) mass is 1810 g/mol. The molecule has 2 aliphatic rings. The quantitative estimate of drug-likeness (QED) is 0.0129. The van der Waals surface area contributed by atoms with E-state index in [0.717, 1.165) is 180 Å². The maximum Gasteiger partial charge on any atom is 0.337 e. The minimum atomic E-state index is -5.56. The second-order valence-corrected chi connectivity index (χ2v) is 39.2. The average Bonchev–Trinajstić information content (AvgIpc) is 0.758. The van der Waals surface area contributed by atoms with Crippen molar-refractivity contribution in [3.8, 4) is 0 Å². The summed E-state index contributed by atoms with van der Waals surface area (Å²) in [4.78, 5) is 137. The number of hydrogen-bond donors (Lipinski definition) is 7. The summed E-state index contributed by atoms with van der Waals surface area (Å²) in [7, 11) is -5.56. The van der Waals surface area contributed by atoms with Crippen LogP contribution in [0, 0.1) is 0 Å². The van der Waals surface area contributed by atoms with Crippen LogP contribution in [0.3, 0.4) is 0 Å². The van der Waals surface area contributed by atoms with Gasteiger partial charge in [-0.15, -0.1) is 0 Å². The lowest BCUT2D eigenvalue weighted by Crippen LogP contribution is -2.68. The highest BCUT2D eigenvalue weighted by molar-refractivity contribution is 7.52. The molecule has 0 aliphatic carbocycles. The van der Waals surface area contributed by atoms with Crippen molar-refractivity contribution in [3.63, 3.8) is 0 Å². The fraction of sp³-hybridized carbons (Fsp3) is 0.922. The Hall–Kier alpha value is -4.25. The molecule has 23 nitrogen and oxygen atoms in total. The van der Waals surface area contributed by atoms with E-state index in [1.54, 1.807) is 0 Å². The average molecular weight is 1810 g/mol. The number of unbranched alkanes of at least 4 members (excludes halogenated alkanes) is 60. The smallest absolute Gasteiger partial charge is 0.337 e. The van der Waals surface area contributed by atoms with Gasteiger partial charge in [0.25, 0.3) is 0 Å². The summed E-state index contributed by atoms with van der Waals surface area (Å²) in [5, 5.41) is 40.1. The molecule has 7 N–H and O–H groups in total. The Kier molecular flexibility index (Phi) is 75.2. The number of nitrogens with one attached hydrogen (secondary N) is 2. The topological polar surface area (TPSA) is 343 Å². The maximum atomic E-state index is 15.2. The molecule has 0 aromatic heterocycles. The van der Waals surface area contributed by atoms with Gasteiger partial charge >= 0.3 is 43.4 Å². The zero-order chi connectivity index (χ0) is 92.2. The predicted octanol–water partition coefficient (Wildman–Crippen LogP) is 24.7. The van der Waals surface area contributed by atoms with Gasteiger partial charge in [-0.05, 0) is 51.4 Å². The summed E-state index contributed by atoms with van der Waals surface area (Å²) in [5.41, 5.74) is -2.19. The Bertz CT molecular complexity index is 2740. The largest absolute Gasteiger partial charge is 0.479 e. The molecule has 24 heteroatoms. The van der Waals surface area contributed by atoms with Crippen molar-refractivity contribution in [2.45, 2.75) is 589 Å². The molecule has 0 spiro atoms. The van der Waals surface area contributed by atoms with E-state index >= 15 is 4.79 Å². The fourth-order valence-corrected chi connectivity index (χ4v) is 19.1. The number of carboxylic acid groups (broad SMARTS) is 1. The van der Waals surface area contributed by atoms with Crippen LogP contribution in [0.2, 0.25) is 0 Å². The first kappa shape index (κ1) is 118. The summed E-state index contributed by atoms with van der Waals surface area (Å²) in [6.07, 6.45) is 52.9. The van der Waals surface area contributed by atoms with Gasteiger partial charge in [-0.1, -0.05) is 427 Å². The van der Waals surface area contributed by atoms with E-state index in [-0.39, 0.29) is 32.1 Å². The molecular formula is C102H189N2O21P. The molecule has 2 saturated heterocycles. The van der Waals surface area contributed by atoms with E-state index in [1.165, 1.54) is 193 Å². The first-order valence-electron chi connectivity index (χ1n) is 52.6. The second-order valence-electron chi connectivity index (χ2n) is 37.4. The summed E-state index contributed by atoms with van der Waals surface area (Å²) in [6, 6.07) is -3.65. The number of hydrogen-bond acceptors (Lipinski definition) is 18. The summed E-state index contributed by atoms with van der Waals surface area (Å²) >= 11 is 0. The number of amides is 2. The lowest BCUT2D eigenvalue weighted by molar-refractivity contribution is -0.224. The molecule has 0 aromatic carbocycles. The predicted molar refractivity (Wildman–Crippen MR) is 504 cm³/mol. The van der Waals surface area contributed by atoms with Crippen LogP contribution in [-0.4, -0.2) is 159 Å². The summed E-state index contributed by atoms with van der Waals surface area (Å²) in [6.45, 7) is 11.0. The van der Waals surface area contributed by atoms with Crippen molar-refractivity contribution < 1.29 is 101 Å². The lowest BCUT2D eigenvalue weighted by atomic mass is 9.91. The molecule has 2 fully saturated rings. The van der Waals surface area contributed by atoms with Crippen LogP contribution in [-0.2, 0) is 76.1 Å². The first-order chi connectivity index (χ1) is 61.2. The second kappa shape index (κ2) is 80.4. The molecule has 0 bridgehead atoms. The van der Waals surface area contributed by atoms with Gasteiger partial charge < -0.3 is 68.9 Å².